The number of carbonyl (C=O) groups is 3. The summed E-state index contributed by atoms with van der Waals surface area (Å²) in [4.78, 5) is 51.3. The van der Waals surface area contributed by atoms with Gasteiger partial charge in [0.05, 0.1) is 30.6 Å². The third kappa shape index (κ3) is 6.23. The second-order valence-electron chi connectivity index (χ2n) is 13.3. The van der Waals surface area contributed by atoms with Crippen molar-refractivity contribution >= 4 is 45.0 Å². The smallest absolute Gasteiger partial charge is 0.253 e. The lowest BCUT2D eigenvalue weighted by atomic mass is 9.70. The van der Waals surface area contributed by atoms with Crippen LogP contribution in [0.25, 0.3) is 0 Å². The first-order valence-electron chi connectivity index (χ1n) is 17.0. The minimum absolute atomic E-state index is 0.160. The van der Waals surface area contributed by atoms with Crippen molar-refractivity contribution in [3.05, 3.63) is 85.5 Å². The Morgan fingerprint density at radius 2 is 1.65 bits per heavy atom. The van der Waals surface area contributed by atoms with Gasteiger partial charge in [-0.15, -0.1) is 13.2 Å². The molecule has 0 saturated carbocycles. The number of ether oxygens (including phenoxy) is 1. The Morgan fingerprint density at radius 1 is 1.02 bits per heavy atom. The molecule has 7 atom stereocenters. The van der Waals surface area contributed by atoms with E-state index in [1.165, 1.54) is 0 Å². The van der Waals surface area contributed by atoms with Gasteiger partial charge in [-0.1, -0.05) is 72.3 Å². The minimum Gasteiger partial charge on any atom is -0.394 e. The summed E-state index contributed by atoms with van der Waals surface area (Å²) in [6.07, 6.45) is 3.14. The van der Waals surface area contributed by atoms with Crippen molar-refractivity contribution in [2.24, 2.45) is 17.8 Å². The van der Waals surface area contributed by atoms with E-state index in [0.717, 1.165) is 24.3 Å². The van der Waals surface area contributed by atoms with Crippen LogP contribution in [0, 0.1) is 17.8 Å². The zero-order valence-electron chi connectivity index (χ0n) is 28.5. The molecule has 0 aromatic heterocycles. The molecule has 1 N–H and O–H groups in total. The normalized spacial score (nSPS) is 26.4. The van der Waals surface area contributed by atoms with Crippen LogP contribution >= 0.6 is 15.9 Å². The van der Waals surface area contributed by atoms with E-state index in [2.05, 4.69) is 47.8 Å². The number of anilines is 2. The number of alkyl halides is 1. The Kier molecular flexibility index (Phi) is 11.2. The quantitative estimate of drug-likeness (QED) is 0.205. The van der Waals surface area contributed by atoms with Gasteiger partial charge in [-0.05, 0) is 56.0 Å². The van der Waals surface area contributed by atoms with Gasteiger partial charge in [-0.2, -0.15) is 0 Å². The van der Waals surface area contributed by atoms with E-state index in [1.807, 2.05) is 68.4 Å². The summed E-state index contributed by atoms with van der Waals surface area (Å²) in [5, 5.41) is 10.7. The molecule has 258 valence electrons. The summed E-state index contributed by atoms with van der Waals surface area (Å²) < 4.78 is 6.82. The van der Waals surface area contributed by atoms with Crippen LogP contribution in [0.1, 0.15) is 39.7 Å². The third-order valence-corrected chi connectivity index (χ3v) is 11.1. The Balaban J connectivity index is 1.58. The molecule has 3 fully saturated rings. The lowest BCUT2D eigenvalue weighted by Crippen LogP contribution is -2.60. The molecule has 10 heteroatoms. The van der Waals surface area contributed by atoms with Crippen LogP contribution in [-0.2, 0) is 25.7 Å². The number of nitrogens with zero attached hydrogens (tertiary/aromatic N) is 4. The average Bonchev–Trinajstić information content (AvgIpc) is 3.68. The topological polar surface area (TPSA) is 93.6 Å². The fourth-order valence-corrected chi connectivity index (χ4v) is 8.98. The Hall–Kier alpha value is -3.47. The number of aliphatic hydroxyl groups excluding tert-OH is 1. The molecule has 3 amide bonds. The average molecular weight is 722 g/mol. The lowest BCUT2D eigenvalue weighted by molar-refractivity contribution is -0.148. The highest BCUT2D eigenvalue weighted by atomic mass is 79.9. The Bertz CT molecular complexity index is 1480. The number of amides is 3. The third-order valence-electron chi connectivity index (χ3n) is 10.3. The summed E-state index contributed by atoms with van der Waals surface area (Å²) in [6.45, 7) is 18.1. The van der Waals surface area contributed by atoms with E-state index in [0.29, 0.717) is 25.2 Å². The fraction of sp³-hybridized carbons (Fsp3) is 0.500. The van der Waals surface area contributed by atoms with Crippen molar-refractivity contribution in [2.45, 2.75) is 69.3 Å². The van der Waals surface area contributed by atoms with Crippen LogP contribution in [0.2, 0.25) is 0 Å². The van der Waals surface area contributed by atoms with Crippen LogP contribution in [0.4, 0.5) is 11.4 Å². The van der Waals surface area contributed by atoms with Crippen molar-refractivity contribution in [2.75, 3.05) is 42.6 Å². The van der Waals surface area contributed by atoms with E-state index >= 15 is 4.79 Å². The number of hydrogen-bond acceptors (Lipinski definition) is 6. The van der Waals surface area contributed by atoms with E-state index in [4.69, 9.17) is 4.74 Å². The highest BCUT2D eigenvalue weighted by Crippen LogP contribution is 2.61. The van der Waals surface area contributed by atoms with Crippen LogP contribution < -0.4 is 9.80 Å². The molecule has 2 bridgehead atoms. The highest BCUT2D eigenvalue weighted by Gasteiger charge is 2.77. The second kappa shape index (κ2) is 15.0. The van der Waals surface area contributed by atoms with Crippen molar-refractivity contribution in [1.29, 1.82) is 0 Å². The zero-order valence-corrected chi connectivity index (χ0v) is 30.1. The highest BCUT2D eigenvalue weighted by molar-refractivity contribution is 9.09. The molecule has 3 saturated heterocycles. The molecular weight excluding hydrogens is 672 g/mol. The maximum Gasteiger partial charge on any atom is 0.253 e. The van der Waals surface area contributed by atoms with Gasteiger partial charge < -0.3 is 29.4 Å². The minimum atomic E-state index is -1.26. The van der Waals surface area contributed by atoms with Crippen molar-refractivity contribution in [3.63, 3.8) is 0 Å². The molecule has 5 rings (SSSR count). The molecule has 2 aromatic carbocycles. The molecule has 3 aliphatic rings. The first-order valence-corrected chi connectivity index (χ1v) is 18.0. The largest absolute Gasteiger partial charge is 0.394 e. The van der Waals surface area contributed by atoms with E-state index in [-0.39, 0.29) is 41.6 Å². The van der Waals surface area contributed by atoms with E-state index in [1.54, 1.807) is 26.9 Å². The standard InChI is InChI=1S/C38H49BrN4O5/c1-7-20-41(23-26-14-12-11-13-15-26)35(45)31-32-36(46)43(30(24-44)25(5)6)34(38(32)22-29(39)33(31)48-38)37(47)42(21-8-2)28-18-16-27(17-19-28)40(9-3)10-4/h7-8,11-19,25,29-34,44H,1-2,9-10,20-24H2,3-6H3/t29?,30-,31-,32-,33-,34?,38?/m0/s1. The van der Waals surface area contributed by atoms with Crippen LogP contribution in [0.5, 0.6) is 0 Å². The monoisotopic (exact) mass is 720 g/mol. The maximum atomic E-state index is 15.0. The molecule has 3 unspecified atom stereocenters. The molecule has 2 aromatic rings. The molecular formula is C38H49BrN4O5. The number of halogens is 1. The number of rotatable bonds is 15. The summed E-state index contributed by atoms with van der Waals surface area (Å²) in [7, 11) is 0. The number of hydrogen-bond donors (Lipinski definition) is 1. The second-order valence-corrected chi connectivity index (χ2v) is 14.5. The number of aliphatic hydroxyl groups is 1. The van der Waals surface area contributed by atoms with Gasteiger partial charge in [0.15, 0.2) is 0 Å². The number of fused-ring (bicyclic) bond motifs is 1. The maximum absolute atomic E-state index is 15.0. The van der Waals surface area contributed by atoms with Crippen LogP contribution in [0.3, 0.4) is 0 Å². The predicted octanol–water partition coefficient (Wildman–Crippen LogP) is 5.03. The van der Waals surface area contributed by atoms with Gasteiger partial charge in [0.25, 0.3) is 5.91 Å². The molecule has 0 radical (unpaired) electrons. The Morgan fingerprint density at radius 3 is 2.21 bits per heavy atom. The van der Waals surface area contributed by atoms with Gasteiger partial charge in [0.1, 0.15) is 11.6 Å². The molecule has 9 nitrogen and oxygen atoms in total. The van der Waals surface area contributed by atoms with Crippen molar-refractivity contribution in [3.8, 4) is 0 Å². The number of likely N-dealkylation sites (tertiary alicyclic amines) is 1. The van der Waals surface area contributed by atoms with E-state index in [9.17, 15) is 14.7 Å². The summed E-state index contributed by atoms with van der Waals surface area (Å²) in [6, 6.07) is 15.8. The van der Waals surface area contributed by atoms with Crippen LogP contribution in [-0.4, -0.2) is 94.0 Å². The number of benzene rings is 2. The molecule has 3 aliphatic heterocycles. The first kappa shape index (κ1) is 35.8. The van der Waals surface area contributed by atoms with Gasteiger partial charge in [-0.3, -0.25) is 14.4 Å². The van der Waals surface area contributed by atoms with Crippen LogP contribution in [0.15, 0.2) is 79.9 Å². The molecule has 48 heavy (non-hydrogen) atoms. The fourth-order valence-electron chi connectivity index (χ4n) is 8.04. The van der Waals surface area contributed by atoms with Gasteiger partial charge in [0.2, 0.25) is 11.8 Å². The molecule has 0 aliphatic carbocycles. The predicted molar refractivity (Wildman–Crippen MR) is 193 cm³/mol. The number of carbonyl (C=O) groups excluding carboxylic acids is 3. The summed E-state index contributed by atoms with van der Waals surface area (Å²) in [5.74, 6) is -2.71. The molecule has 3 heterocycles. The first-order chi connectivity index (χ1) is 23.1. The summed E-state index contributed by atoms with van der Waals surface area (Å²) in [5.41, 5.74) is 1.42. The molecule has 1 spiro atoms. The Labute approximate surface area is 293 Å². The van der Waals surface area contributed by atoms with Gasteiger partial charge >= 0.3 is 0 Å². The van der Waals surface area contributed by atoms with Gasteiger partial charge in [-0.25, -0.2) is 0 Å². The lowest BCUT2D eigenvalue weighted by Gasteiger charge is -2.40. The van der Waals surface area contributed by atoms with E-state index < -0.39 is 35.6 Å². The SMILES string of the molecule is C=CCN(Cc1ccccc1)C(=O)[C@H]1[C@H]2C(=O)N([C@@H](CO)C(C)C)C(C(=O)N(CC=C)c3ccc(N(CC)CC)cc3)C23CC(Br)[C@@H]1O3. The van der Waals surface area contributed by atoms with Gasteiger partial charge in [0, 0.05) is 48.9 Å². The van der Waals surface area contributed by atoms with Crippen molar-refractivity contribution in [1.82, 2.24) is 9.80 Å². The summed E-state index contributed by atoms with van der Waals surface area (Å²) >= 11 is 3.80. The van der Waals surface area contributed by atoms with Crippen molar-refractivity contribution < 1.29 is 24.2 Å². The zero-order chi connectivity index (χ0) is 34.7.